The summed E-state index contributed by atoms with van der Waals surface area (Å²) in [5.41, 5.74) is 17.8. The van der Waals surface area contributed by atoms with Crippen LogP contribution in [0.15, 0.2) is 64.2 Å². The topological polar surface area (TPSA) is 170 Å². The third-order valence-electron chi connectivity index (χ3n) is 17.2. The molecule has 8 aliphatic heterocycles. The first-order valence-electron chi connectivity index (χ1n) is 32.3. The van der Waals surface area contributed by atoms with Crippen molar-refractivity contribution in [1.29, 1.82) is 0 Å². The van der Waals surface area contributed by atoms with E-state index in [0.717, 1.165) is 91.1 Å². The molecule has 0 aromatic carbocycles. The number of aliphatic imine (C=N–C) groups is 1. The summed E-state index contributed by atoms with van der Waals surface area (Å²) >= 11 is 3.18. The summed E-state index contributed by atoms with van der Waals surface area (Å²) in [5, 5.41) is 36.8. The van der Waals surface area contributed by atoms with E-state index in [2.05, 4.69) is 210 Å². The number of allylic oxidation sites excluding steroid dienone is 2. The van der Waals surface area contributed by atoms with Crippen molar-refractivity contribution in [3.05, 3.63) is 78.1 Å². The van der Waals surface area contributed by atoms with Crippen LogP contribution in [0.25, 0.3) is 0 Å². The molecule has 3 fully saturated rings. The van der Waals surface area contributed by atoms with Gasteiger partial charge >= 0.3 is 0 Å². The standard InChI is InChI=1S/C8H16N2.C8H15N.2C7H12N2.C7H13N.C6H14N2.C5H11N3S.C5H9N3S.C5H11N3.C5H10N2.C3H8N4.11CH4/c1-7-5-9(3)6-10(4)8(7)2;1-7(2)8-4-5-9(3)6-8;2*1-5-6(2)8-9(4)7(5)3;1-6-4-8(3)5-7(6)2;1-6-4-7(2)5-8(6)3;1-6-5-8(3)7(2)4-9-5;1-4-7-9-5(6-2)8(4)3;1-5-6-8(3)4-7(5)2;1-5-3-4-7(2)6-5;1-6-3-7(2)5-4-6;;;;;;;;;;;/h5-6H2,1-4H3;4-6H2,1-3H3;2*1-4H3;4-5H2,1-3H3;6H,4-5H2,1-3H3;4H2,1-3H3;1-3H3;4H2,1-3H3;3-4H2,1-2H3;3H2,1-2H3;11*1H4. The van der Waals surface area contributed by atoms with Crippen molar-refractivity contribution in [1.82, 2.24) is 92.9 Å². The molecule has 620 valence electrons. The van der Waals surface area contributed by atoms with Crippen LogP contribution in [-0.4, -0.2) is 300 Å². The molecule has 3 aromatic rings. The Morgan fingerprint density at radius 3 is 1.11 bits per heavy atom. The van der Waals surface area contributed by atoms with E-state index < -0.39 is 0 Å². The maximum absolute atomic E-state index is 4.23. The van der Waals surface area contributed by atoms with Crippen molar-refractivity contribution in [3.63, 3.8) is 0 Å². The Balaban J connectivity index is -0.000000101. The first kappa shape index (κ1) is 122. The van der Waals surface area contributed by atoms with Crippen LogP contribution in [0.3, 0.4) is 0 Å². The van der Waals surface area contributed by atoms with Gasteiger partial charge in [0.15, 0.2) is 5.17 Å². The van der Waals surface area contributed by atoms with E-state index in [1.54, 1.807) is 45.5 Å². The highest BCUT2D eigenvalue weighted by atomic mass is 32.2. The molecule has 3 saturated heterocycles. The van der Waals surface area contributed by atoms with Gasteiger partial charge in [0, 0.05) is 184 Å². The number of rotatable bonds is 0. The summed E-state index contributed by atoms with van der Waals surface area (Å²) in [4.78, 5) is 25.1. The molecule has 11 rings (SSSR count). The zero-order valence-corrected chi connectivity index (χ0v) is 66.6. The molecule has 11 heterocycles. The van der Waals surface area contributed by atoms with Gasteiger partial charge in [-0.3, -0.25) is 64.0 Å². The lowest BCUT2D eigenvalue weighted by molar-refractivity contribution is 0.149. The van der Waals surface area contributed by atoms with Crippen molar-refractivity contribution < 1.29 is 0 Å². The minimum atomic E-state index is 0. The molecular weight excluding hydrogens is 1340 g/mol. The van der Waals surface area contributed by atoms with Crippen LogP contribution in [-0.2, 0) is 21.1 Å². The van der Waals surface area contributed by atoms with Gasteiger partial charge in [0.25, 0.3) is 0 Å². The van der Waals surface area contributed by atoms with Crippen LogP contribution in [0.2, 0.25) is 0 Å². The fourth-order valence-electron chi connectivity index (χ4n) is 9.86. The molecule has 0 N–H and O–H groups in total. The molecule has 1 unspecified atom stereocenters. The molecule has 27 heteroatoms. The average molecular weight is 1520 g/mol. The SMILES string of the molecule is C.C.C.C.C.C.C.C.C.C.C.CC(C)=C1CCN(C)C1.CC1=C(C)CN(C)C1.CC1=C(C)N(C)CN(C)C1.CC1=NN(C)CC1.CC1=NN(C)CN1C.CC1CN(C)CN1C.CN1CN(C)N=N1.CN=C1SCN(C)N1C.CN=c1snc(C)n1C.Cc1nn(C)c(C)c1C.Cc1nn(C)c(C)c1C. The second kappa shape index (κ2) is 61.3. The van der Waals surface area contributed by atoms with E-state index in [4.69, 9.17) is 0 Å². The van der Waals surface area contributed by atoms with Crippen molar-refractivity contribution in [2.45, 2.75) is 211 Å². The van der Waals surface area contributed by atoms with Gasteiger partial charge < -0.3 is 19.3 Å². The zero-order chi connectivity index (χ0) is 71.3. The second-order valence-corrected chi connectivity index (χ2v) is 27.8. The molecule has 25 nitrogen and oxygen atoms in total. The van der Waals surface area contributed by atoms with Crippen LogP contribution in [0.4, 0.5) is 0 Å². The molecule has 0 aliphatic carbocycles. The van der Waals surface area contributed by atoms with Crippen molar-refractivity contribution in [3.8, 4) is 0 Å². The Bertz CT molecular complexity index is 2870. The summed E-state index contributed by atoms with van der Waals surface area (Å²) in [6.07, 6.45) is 2.44. The summed E-state index contributed by atoms with van der Waals surface area (Å²) in [7, 11) is 36.2. The number of amidine groups is 2. The summed E-state index contributed by atoms with van der Waals surface area (Å²) < 4.78 is 9.88. The Morgan fingerprint density at radius 1 is 0.471 bits per heavy atom. The molecule has 8 aliphatic rings. The number of aryl methyl sites for hydroxylation is 5. The molecule has 0 amide bonds. The first-order valence-corrected chi connectivity index (χ1v) is 34.1. The third-order valence-corrected chi connectivity index (χ3v) is 19.3. The monoisotopic (exact) mass is 1510 g/mol. The highest BCUT2D eigenvalue weighted by Gasteiger charge is 2.21. The van der Waals surface area contributed by atoms with Gasteiger partial charge in [-0.15, -0.1) is 0 Å². The molecule has 1 atom stereocenters. The van der Waals surface area contributed by atoms with Crippen LogP contribution in [0, 0.1) is 48.5 Å². The maximum Gasteiger partial charge on any atom is 0.203 e. The highest BCUT2D eigenvalue weighted by Crippen LogP contribution is 2.19. The van der Waals surface area contributed by atoms with E-state index >= 15 is 0 Å². The Hall–Kier alpha value is -5.68. The number of likely N-dealkylation sites (N-methyl/N-ethyl adjacent to an activating group) is 5. The van der Waals surface area contributed by atoms with E-state index in [1.807, 2.05) is 134 Å². The third kappa shape index (κ3) is 45.1. The maximum atomic E-state index is 4.23. The minimum absolute atomic E-state index is 0. The average Bonchev–Trinajstić information content (AvgIpc) is 1.26. The molecular formula is C77H175N25S2. The lowest BCUT2D eigenvalue weighted by Gasteiger charge is -2.33. The van der Waals surface area contributed by atoms with E-state index in [0.29, 0.717) is 0 Å². The van der Waals surface area contributed by atoms with Crippen molar-refractivity contribution in [2.24, 2.45) is 51.8 Å². The van der Waals surface area contributed by atoms with Gasteiger partial charge in [-0.25, -0.2) is 5.01 Å². The molecule has 0 saturated carbocycles. The second-order valence-electron chi connectivity index (χ2n) is 26.2. The number of likely N-dealkylation sites (tertiary alicyclic amines) is 1. The normalized spacial score (nSPS) is 17.6. The van der Waals surface area contributed by atoms with Gasteiger partial charge in [0.2, 0.25) is 4.80 Å². The lowest BCUT2D eigenvalue weighted by Crippen LogP contribution is -2.38. The quantitative estimate of drug-likeness (QED) is 0.195. The van der Waals surface area contributed by atoms with Crippen LogP contribution >= 0.6 is 23.3 Å². The lowest BCUT2D eigenvalue weighted by atomic mass is 10.1. The smallest absolute Gasteiger partial charge is 0.203 e. The number of hydrazine groups is 1. The van der Waals surface area contributed by atoms with Gasteiger partial charge in [-0.1, -0.05) is 126 Å². The molecule has 0 spiro atoms. The van der Waals surface area contributed by atoms with Gasteiger partial charge in [-0.05, 0) is 169 Å². The Morgan fingerprint density at radius 2 is 0.942 bits per heavy atom. The van der Waals surface area contributed by atoms with Crippen LogP contribution in [0.5, 0.6) is 0 Å². The van der Waals surface area contributed by atoms with Gasteiger partial charge in [0.05, 0.1) is 30.6 Å². The van der Waals surface area contributed by atoms with Gasteiger partial charge in [-0.2, -0.15) is 24.8 Å². The fraction of sp³-hybridized carbons (Fsp3) is 0.779. The van der Waals surface area contributed by atoms with Crippen LogP contribution in [0.1, 0.15) is 197 Å². The highest BCUT2D eigenvalue weighted by molar-refractivity contribution is 8.14. The van der Waals surface area contributed by atoms with Crippen molar-refractivity contribution >= 4 is 40.0 Å². The van der Waals surface area contributed by atoms with Crippen molar-refractivity contribution in [2.75, 3.05) is 184 Å². The number of hydrazone groups is 2. The molecule has 0 bridgehead atoms. The summed E-state index contributed by atoms with van der Waals surface area (Å²) in [5.74, 6) is 3.12. The first-order chi connectivity index (χ1) is 43.2. The Labute approximate surface area is 654 Å². The molecule has 3 aromatic heterocycles. The summed E-state index contributed by atoms with van der Waals surface area (Å²) in [6, 6.07) is 0.750. The number of hydrogen-bond donors (Lipinski definition) is 0. The predicted octanol–water partition coefficient (Wildman–Crippen LogP) is 15.7. The van der Waals surface area contributed by atoms with Gasteiger partial charge in [0.1, 0.15) is 25.0 Å². The number of nitrogens with zero attached hydrogens (tertiary/aromatic N) is 25. The summed E-state index contributed by atoms with van der Waals surface area (Å²) in [6.45, 7) is 46.0. The van der Waals surface area contributed by atoms with E-state index in [-0.39, 0.29) is 81.7 Å². The van der Waals surface area contributed by atoms with Crippen LogP contribution < -0.4 is 4.80 Å². The van der Waals surface area contributed by atoms with E-state index in [9.17, 15) is 0 Å². The number of aromatic nitrogens is 6. The largest absolute Gasteiger partial charge is 0.365 e. The minimum Gasteiger partial charge on any atom is -0.365 e. The predicted molar refractivity (Wildman–Crippen MR) is 471 cm³/mol. The molecule has 0 radical (unpaired) electrons. The zero-order valence-electron chi connectivity index (χ0n) is 65.0. The number of thioether (sulfide) groups is 1. The molecule has 104 heavy (non-hydrogen) atoms. The number of hydrogen-bond acceptors (Lipinski definition) is 23. The van der Waals surface area contributed by atoms with E-state index in [1.165, 1.54) is 95.7 Å². The fourth-order valence-corrected chi connectivity index (χ4v) is 11.5. The Kier molecular flexibility index (Phi) is 72.0.